The van der Waals surface area contributed by atoms with Crippen molar-refractivity contribution >= 4 is 23.4 Å². The summed E-state index contributed by atoms with van der Waals surface area (Å²) in [6, 6.07) is 7.47. The van der Waals surface area contributed by atoms with Gasteiger partial charge in [0.25, 0.3) is 5.56 Å². The molecule has 1 aromatic heterocycles. The highest BCUT2D eigenvalue weighted by atomic mass is 32.2. The van der Waals surface area contributed by atoms with E-state index < -0.39 is 0 Å². The maximum absolute atomic E-state index is 12.0. The smallest absolute Gasteiger partial charge is 0.258 e. The summed E-state index contributed by atoms with van der Waals surface area (Å²) in [6.45, 7) is 3.98. The van der Waals surface area contributed by atoms with E-state index in [9.17, 15) is 14.7 Å². The number of rotatable bonds is 7. The van der Waals surface area contributed by atoms with E-state index in [2.05, 4.69) is 15.3 Å². The molecule has 0 atom stereocenters. The molecule has 24 heavy (non-hydrogen) atoms. The maximum atomic E-state index is 12.0. The predicted molar refractivity (Wildman–Crippen MR) is 95.7 cm³/mol. The van der Waals surface area contributed by atoms with Crippen molar-refractivity contribution in [1.82, 2.24) is 9.97 Å². The first-order valence-electron chi connectivity index (χ1n) is 7.81. The molecular formula is C17H21N3O3S. The molecule has 1 amide bonds. The molecule has 0 bridgehead atoms. The minimum Gasteiger partial charge on any atom is -0.493 e. The van der Waals surface area contributed by atoms with E-state index in [4.69, 9.17) is 0 Å². The van der Waals surface area contributed by atoms with Gasteiger partial charge >= 0.3 is 0 Å². The van der Waals surface area contributed by atoms with Crippen LogP contribution in [0.15, 0.2) is 34.2 Å². The van der Waals surface area contributed by atoms with Crippen LogP contribution in [0.3, 0.4) is 0 Å². The van der Waals surface area contributed by atoms with Crippen LogP contribution >= 0.6 is 11.8 Å². The van der Waals surface area contributed by atoms with Crippen LogP contribution in [-0.4, -0.2) is 26.7 Å². The van der Waals surface area contributed by atoms with Crippen LogP contribution in [0.25, 0.3) is 0 Å². The highest BCUT2D eigenvalue weighted by molar-refractivity contribution is 7.99. The van der Waals surface area contributed by atoms with Crippen molar-refractivity contribution in [1.29, 1.82) is 0 Å². The second-order valence-corrected chi connectivity index (χ2v) is 6.44. The fraction of sp³-hybridized carbons (Fsp3) is 0.353. The number of hydrogen-bond donors (Lipinski definition) is 3. The molecular weight excluding hydrogens is 326 g/mol. The quantitative estimate of drug-likeness (QED) is 0.529. The molecule has 2 rings (SSSR count). The summed E-state index contributed by atoms with van der Waals surface area (Å²) in [5, 5.41) is 12.9. The Labute approximate surface area is 144 Å². The number of nitrogens with one attached hydrogen (secondary N) is 2. The van der Waals surface area contributed by atoms with Crippen LogP contribution in [0.1, 0.15) is 30.9 Å². The van der Waals surface area contributed by atoms with Gasteiger partial charge in [-0.3, -0.25) is 9.59 Å². The van der Waals surface area contributed by atoms with Crippen LogP contribution in [0.4, 0.5) is 5.69 Å². The number of benzene rings is 1. The van der Waals surface area contributed by atoms with Crippen molar-refractivity contribution in [3.05, 3.63) is 45.7 Å². The Kier molecular flexibility index (Phi) is 6.43. The Hall–Kier alpha value is -2.28. The lowest BCUT2D eigenvalue weighted by atomic mass is 10.1. The minimum absolute atomic E-state index is 0.0879. The molecule has 128 valence electrons. The first kappa shape index (κ1) is 18.1. The number of H-pyrrole nitrogens is 1. The van der Waals surface area contributed by atoms with Gasteiger partial charge < -0.3 is 15.4 Å². The highest BCUT2D eigenvalue weighted by Crippen LogP contribution is 2.18. The normalized spacial score (nSPS) is 10.6. The lowest BCUT2D eigenvalue weighted by Gasteiger charge is -2.07. The van der Waals surface area contributed by atoms with E-state index >= 15 is 0 Å². The number of unbranched alkanes of at least 4 members (excludes halogenated alkanes) is 1. The van der Waals surface area contributed by atoms with Crippen molar-refractivity contribution in [3.63, 3.8) is 0 Å². The summed E-state index contributed by atoms with van der Waals surface area (Å²) < 4.78 is 0. The topological polar surface area (TPSA) is 95.1 Å². The number of aromatic nitrogens is 2. The van der Waals surface area contributed by atoms with Crippen LogP contribution in [0.2, 0.25) is 0 Å². The fourth-order valence-corrected chi connectivity index (χ4v) is 2.74. The van der Waals surface area contributed by atoms with Gasteiger partial charge in [0.2, 0.25) is 11.8 Å². The number of amides is 1. The van der Waals surface area contributed by atoms with Gasteiger partial charge in [0, 0.05) is 5.69 Å². The zero-order valence-electron chi connectivity index (χ0n) is 13.8. The zero-order chi connectivity index (χ0) is 17.5. The third-order valence-electron chi connectivity index (χ3n) is 3.43. The van der Waals surface area contributed by atoms with Crippen molar-refractivity contribution < 1.29 is 9.90 Å². The molecule has 7 heteroatoms. The second kappa shape index (κ2) is 8.54. The highest BCUT2D eigenvalue weighted by Gasteiger charge is 2.12. The van der Waals surface area contributed by atoms with Crippen molar-refractivity contribution in [2.45, 2.75) is 38.3 Å². The molecule has 0 spiro atoms. The number of nitrogens with zero attached hydrogens (tertiary/aromatic N) is 1. The van der Waals surface area contributed by atoms with E-state index in [-0.39, 0.29) is 28.3 Å². The molecule has 0 fully saturated rings. The molecule has 1 heterocycles. The van der Waals surface area contributed by atoms with Crippen LogP contribution in [0.5, 0.6) is 5.88 Å². The standard InChI is InChI=1S/C17H21N3O3S/c1-3-4-5-13-15(22)19-17(20-16(13)23)24-10-14(21)18-12-8-6-11(2)7-9-12/h6-9H,3-5,10H2,1-2H3,(H,18,21)(H2,19,20,22,23). The molecule has 3 N–H and O–H groups in total. The Morgan fingerprint density at radius 2 is 2.04 bits per heavy atom. The van der Waals surface area contributed by atoms with Gasteiger partial charge in [-0.05, 0) is 31.9 Å². The Balaban J connectivity index is 1.95. The molecule has 0 aliphatic heterocycles. The summed E-state index contributed by atoms with van der Waals surface area (Å²) in [4.78, 5) is 30.5. The average molecular weight is 347 g/mol. The van der Waals surface area contributed by atoms with Gasteiger partial charge in [0.05, 0.1) is 11.3 Å². The summed E-state index contributed by atoms with van der Waals surface area (Å²) in [7, 11) is 0. The number of carbonyl (C=O) groups excluding carboxylic acids is 1. The predicted octanol–water partition coefficient (Wildman–Crippen LogP) is 2.86. The van der Waals surface area contributed by atoms with Gasteiger partial charge in [0.1, 0.15) is 0 Å². The van der Waals surface area contributed by atoms with Crippen LogP contribution < -0.4 is 10.9 Å². The molecule has 1 aromatic carbocycles. The lowest BCUT2D eigenvalue weighted by Crippen LogP contribution is -2.17. The number of thioether (sulfide) groups is 1. The fourth-order valence-electron chi connectivity index (χ4n) is 2.08. The maximum Gasteiger partial charge on any atom is 0.258 e. The first-order chi connectivity index (χ1) is 11.5. The van der Waals surface area contributed by atoms with Crippen LogP contribution in [0, 0.1) is 6.92 Å². The Bertz CT molecular complexity index is 757. The Morgan fingerprint density at radius 3 is 2.67 bits per heavy atom. The van der Waals surface area contributed by atoms with Crippen LogP contribution in [-0.2, 0) is 11.2 Å². The Morgan fingerprint density at radius 1 is 1.33 bits per heavy atom. The molecule has 6 nitrogen and oxygen atoms in total. The molecule has 0 saturated heterocycles. The summed E-state index contributed by atoms with van der Waals surface area (Å²) in [5.41, 5.74) is 1.77. The number of aromatic amines is 1. The molecule has 2 aromatic rings. The first-order valence-corrected chi connectivity index (χ1v) is 8.79. The number of anilines is 1. The van der Waals surface area contributed by atoms with E-state index in [1.54, 1.807) is 0 Å². The average Bonchev–Trinajstić information content (AvgIpc) is 2.54. The van der Waals surface area contributed by atoms with Gasteiger partial charge in [-0.2, -0.15) is 4.98 Å². The molecule has 0 radical (unpaired) electrons. The summed E-state index contributed by atoms with van der Waals surface area (Å²) in [6.07, 6.45) is 2.22. The summed E-state index contributed by atoms with van der Waals surface area (Å²) in [5.74, 6) is -0.375. The summed E-state index contributed by atoms with van der Waals surface area (Å²) >= 11 is 1.07. The van der Waals surface area contributed by atoms with E-state index in [0.717, 1.165) is 30.2 Å². The second-order valence-electron chi connectivity index (χ2n) is 5.48. The minimum atomic E-state index is -0.350. The molecule has 0 aliphatic carbocycles. The molecule has 0 saturated carbocycles. The number of carbonyl (C=O) groups is 1. The molecule has 0 aliphatic rings. The monoisotopic (exact) mass is 347 g/mol. The number of aromatic hydroxyl groups is 1. The van der Waals surface area contributed by atoms with Gasteiger partial charge in [-0.25, -0.2) is 0 Å². The van der Waals surface area contributed by atoms with Crippen molar-refractivity contribution in [2.75, 3.05) is 11.1 Å². The third-order valence-corrected chi connectivity index (χ3v) is 4.30. The SMILES string of the molecule is CCCCc1c(O)nc(SCC(=O)Nc2ccc(C)cc2)[nH]c1=O. The van der Waals surface area contributed by atoms with E-state index in [0.29, 0.717) is 17.7 Å². The zero-order valence-corrected chi connectivity index (χ0v) is 14.6. The van der Waals surface area contributed by atoms with Crippen molar-refractivity contribution in [2.24, 2.45) is 0 Å². The molecule has 0 unspecified atom stereocenters. The van der Waals surface area contributed by atoms with Gasteiger partial charge in [-0.1, -0.05) is 42.8 Å². The van der Waals surface area contributed by atoms with Crippen molar-refractivity contribution in [3.8, 4) is 5.88 Å². The van der Waals surface area contributed by atoms with E-state index in [1.165, 1.54) is 0 Å². The van der Waals surface area contributed by atoms with Gasteiger partial charge in [0.15, 0.2) is 5.16 Å². The lowest BCUT2D eigenvalue weighted by molar-refractivity contribution is -0.113. The third kappa shape index (κ3) is 5.13. The van der Waals surface area contributed by atoms with E-state index in [1.807, 2.05) is 38.1 Å². The van der Waals surface area contributed by atoms with Gasteiger partial charge in [-0.15, -0.1) is 0 Å². The number of aryl methyl sites for hydroxylation is 1. The largest absolute Gasteiger partial charge is 0.493 e. The number of hydrogen-bond acceptors (Lipinski definition) is 5.